The molecule has 11 aromatic rings. The van der Waals surface area contributed by atoms with Crippen LogP contribution in [0.3, 0.4) is 0 Å². The summed E-state index contributed by atoms with van der Waals surface area (Å²) in [5.41, 5.74) is 12.2. The minimum Gasteiger partial charge on any atom is -0.309 e. The first-order valence-electron chi connectivity index (χ1n) is 19.5. The zero-order valence-corrected chi connectivity index (χ0v) is 31.4. The number of rotatable bonds is 7. The summed E-state index contributed by atoms with van der Waals surface area (Å²) in [6.45, 7) is 0. The summed E-state index contributed by atoms with van der Waals surface area (Å²) in [7, 11) is 0. The van der Waals surface area contributed by atoms with Gasteiger partial charge in [0.25, 0.3) is 0 Å². The predicted octanol–water partition coefficient (Wildman–Crippen LogP) is 13.7. The van der Waals surface area contributed by atoms with Gasteiger partial charge in [0.05, 0.1) is 22.4 Å². The highest BCUT2D eigenvalue weighted by atomic mass is 15.1. The molecule has 0 unspecified atom stereocenters. The molecule has 58 heavy (non-hydrogen) atoms. The predicted molar refractivity (Wildman–Crippen MR) is 240 cm³/mol. The van der Waals surface area contributed by atoms with Crippen molar-refractivity contribution in [1.82, 2.24) is 19.5 Å². The Labute approximate surface area is 335 Å². The summed E-state index contributed by atoms with van der Waals surface area (Å²) in [5, 5.41) is 7.16. The quantitative estimate of drug-likeness (QED) is 0.163. The fourth-order valence-electron chi connectivity index (χ4n) is 8.56. The van der Waals surface area contributed by atoms with Crippen LogP contribution in [0.2, 0.25) is 0 Å². The first-order valence-corrected chi connectivity index (χ1v) is 19.5. The van der Waals surface area contributed by atoms with E-state index in [-0.39, 0.29) is 0 Å². The van der Waals surface area contributed by atoms with Gasteiger partial charge in [-0.05, 0) is 81.4 Å². The second kappa shape index (κ2) is 14.0. The maximum Gasteiger partial charge on any atom is 0.162 e. The molecule has 0 spiro atoms. The normalized spacial score (nSPS) is 11.4. The molecule has 0 atom stereocenters. The van der Waals surface area contributed by atoms with Crippen molar-refractivity contribution in [3.8, 4) is 39.3 Å². The molecular weight excluding hydrogens is 707 g/mol. The summed E-state index contributed by atoms with van der Waals surface area (Å²) in [6.07, 6.45) is 3.09. The topological polar surface area (TPSA) is 46.8 Å². The van der Waals surface area contributed by atoms with Gasteiger partial charge in [-0.15, -0.1) is 0 Å². The monoisotopic (exact) mass is 741 g/mol. The highest BCUT2D eigenvalue weighted by Crippen LogP contribution is 2.46. The SMILES string of the molecule is c1ccc(-n2c3cc(-c4ncncn4)ccc3c3ccc(-c4ccccc4-c4ccccc4N(c4ccc5ccccc5c4)c4cccc5ccccc45)cc32)cc1. The number of fused-ring (bicyclic) bond motifs is 5. The largest absolute Gasteiger partial charge is 0.309 e. The average molecular weight is 742 g/mol. The van der Waals surface area contributed by atoms with Crippen LogP contribution in [0.1, 0.15) is 0 Å². The number of benzene rings is 9. The molecule has 2 aromatic heterocycles. The Hall–Kier alpha value is -7.89. The molecule has 5 heteroatoms. The van der Waals surface area contributed by atoms with E-state index in [9.17, 15) is 0 Å². The highest BCUT2D eigenvalue weighted by Gasteiger charge is 2.22. The molecule has 5 nitrogen and oxygen atoms in total. The van der Waals surface area contributed by atoms with Crippen LogP contribution in [0.4, 0.5) is 17.1 Å². The van der Waals surface area contributed by atoms with Crippen LogP contribution in [0.25, 0.3) is 82.7 Å². The van der Waals surface area contributed by atoms with Crippen LogP contribution in [0.15, 0.2) is 213 Å². The number of hydrogen-bond donors (Lipinski definition) is 0. The molecular formula is C53H35N5. The lowest BCUT2D eigenvalue weighted by molar-refractivity contribution is 1.06. The number of hydrogen-bond acceptors (Lipinski definition) is 4. The zero-order valence-electron chi connectivity index (χ0n) is 31.4. The van der Waals surface area contributed by atoms with Crippen LogP contribution in [-0.2, 0) is 0 Å². The summed E-state index contributed by atoms with van der Waals surface area (Å²) >= 11 is 0. The molecule has 0 aliphatic heterocycles. The summed E-state index contributed by atoms with van der Waals surface area (Å²) < 4.78 is 2.36. The van der Waals surface area contributed by atoms with Crippen molar-refractivity contribution in [2.24, 2.45) is 0 Å². The van der Waals surface area contributed by atoms with E-state index in [1.54, 1.807) is 12.7 Å². The lowest BCUT2D eigenvalue weighted by Gasteiger charge is -2.29. The Kier molecular flexibility index (Phi) is 8.07. The van der Waals surface area contributed by atoms with Crippen molar-refractivity contribution in [3.63, 3.8) is 0 Å². The molecule has 0 aliphatic rings. The van der Waals surface area contributed by atoms with Crippen molar-refractivity contribution in [2.75, 3.05) is 4.90 Å². The van der Waals surface area contributed by atoms with Crippen molar-refractivity contribution in [1.29, 1.82) is 0 Å². The van der Waals surface area contributed by atoms with E-state index < -0.39 is 0 Å². The summed E-state index contributed by atoms with van der Waals surface area (Å²) in [5.74, 6) is 0.649. The van der Waals surface area contributed by atoms with E-state index in [0.29, 0.717) is 5.82 Å². The van der Waals surface area contributed by atoms with E-state index in [1.165, 1.54) is 32.3 Å². The zero-order chi connectivity index (χ0) is 38.4. The lowest BCUT2D eigenvalue weighted by atomic mass is 9.92. The van der Waals surface area contributed by atoms with Gasteiger partial charge in [0.2, 0.25) is 0 Å². The Morgan fingerprint density at radius 2 is 0.983 bits per heavy atom. The van der Waals surface area contributed by atoms with Crippen LogP contribution in [0.5, 0.6) is 0 Å². The van der Waals surface area contributed by atoms with Gasteiger partial charge in [0, 0.05) is 38.7 Å². The van der Waals surface area contributed by atoms with Gasteiger partial charge < -0.3 is 9.47 Å². The minimum absolute atomic E-state index is 0.649. The first-order chi connectivity index (χ1) is 28.8. The van der Waals surface area contributed by atoms with E-state index in [1.807, 2.05) is 0 Å². The van der Waals surface area contributed by atoms with Crippen molar-refractivity contribution in [2.45, 2.75) is 0 Å². The number of aromatic nitrogens is 4. The molecule has 0 amide bonds. The van der Waals surface area contributed by atoms with Gasteiger partial charge in [-0.3, -0.25) is 0 Å². The van der Waals surface area contributed by atoms with Crippen LogP contribution in [0, 0.1) is 0 Å². The standard InChI is InChI=1S/C53H35N5/c1-2-17-41(18-3-1)57-51-32-39(26-29-47(51)48-30-27-40(33-52(48)57)53-55-34-54-35-56-53)43-19-8-9-21-45(43)46-22-10-11-23-50(46)58(42-28-25-36-13-4-5-15-38(36)31-42)49-24-12-16-37-14-6-7-20-44(37)49/h1-35H. The van der Waals surface area contributed by atoms with E-state index in [4.69, 9.17) is 0 Å². The van der Waals surface area contributed by atoms with Gasteiger partial charge in [-0.2, -0.15) is 0 Å². The highest BCUT2D eigenvalue weighted by molar-refractivity contribution is 6.11. The first kappa shape index (κ1) is 33.4. The fourth-order valence-corrected chi connectivity index (χ4v) is 8.56. The van der Waals surface area contributed by atoms with Crippen molar-refractivity contribution in [3.05, 3.63) is 213 Å². The van der Waals surface area contributed by atoms with Crippen LogP contribution in [-0.4, -0.2) is 19.5 Å². The molecule has 272 valence electrons. The van der Waals surface area contributed by atoms with E-state index >= 15 is 0 Å². The fraction of sp³-hybridized carbons (Fsp3) is 0. The smallest absolute Gasteiger partial charge is 0.162 e. The van der Waals surface area contributed by atoms with Gasteiger partial charge in [-0.1, -0.05) is 152 Å². The van der Waals surface area contributed by atoms with Gasteiger partial charge in [0.15, 0.2) is 5.82 Å². The molecule has 0 bridgehead atoms. The Morgan fingerprint density at radius 3 is 1.79 bits per heavy atom. The summed E-state index contributed by atoms with van der Waals surface area (Å²) in [6, 6.07) is 72.2. The molecule has 0 radical (unpaired) electrons. The maximum atomic E-state index is 4.46. The molecule has 0 N–H and O–H groups in total. The molecule has 9 aromatic carbocycles. The van der Waals surface area contributed by atoms with Gasteiger partial charge in [0.1, 0.15) is 12.7 Å². The Balaban J connectivity index is 1.12. The third-order valence-electron chi connectivity index (χ3n) is 11.2. The van der Waals surface area contributed by atoms with Gasteiger partial charge >= 0.3 is 0 Å². The summed E-state index contributed by atoms with van der Waals surface area (Å²) in [4.78, 5) is 15.4. The molecule has 11 rings (SSSR count). The maximum absolute atomic E-state index is 4.46. The average Bonchev–Trinajstić information content (AvgIpc) is 3.63. The third-order valence-corrected chi connectivity index (χ3v) is 11.2. The van der Waals surface area contributed by atoms with Gasteiger partial charge in [-0.25, -0.2) is 15.0 Å². The van der Waals surface area contributed by atoms with E-state index in [0.717, 1.165) is 61.6 Å². The minimum atomic E-state index is 0.649. The molecule has 0 saturated heterocycles. The number of para-hydroxylation sites is 2. The van der Waals surface area contributed by atoms with Crippen LogP contribution < -0.4 is 4.90 Å². The van der Waals surface area contributed by atoms with Crippen molar-refractivity contribution < 1.29 is 0 Å². The number of anilines is 3. The van der Waals surface area contributed by atoms with Crippen LogP contribution >= 0.6 is 0 Å². The molecule has 0 saturated carbocycles. The third kappa shape index (κ3) is 5.68. The lowest BCUT2D eigenvalue weighted by Crippen LogP contribution is -2.12. The molecule has 0 fully saturated rings. The second-order valence-corrected chi connectivity index (χ2v) is 14.5. The van der Waals surface area contributed by atoms with E-state index in [2.05, 4.69) is 225 Å². The molecule has 2 heterocycles. The second-order valence-electron chi connectivity index (χ2n) is 14.5. The molecule has 0 aliphatic carbocycles. The van der Waals surface area contributed by atoms with Crippen molar-refractivity contribution >= 4 is 60.4 Å². The Bertz CT molecular complexity index is 3290. The number of nitrogens with zero attached hydrogens (tertiary/aromatic N) is 5. The Morgan fingerprint density at radius 1 is 0.379 bits per heavy atom.